The summed E-state index contributed by atoms with van der Waals surface area (Å²) in [4.78, 5) is 43.2. The van der Waals surface area contributed by atoms with E-state index in [1.807, 2.05) is 19.9 Å². The molecule has 3 fully saturated rings. The van der Waals surface area contributed by atoms with Gasteiger partial charge in [-0.2, -0.15) is 5.26 Å². The van der Waals surface area contributed by atoms with Gasteiger partial charge in [-0.3, -0.25) is 9.59 Å². The first kappa shape index (κ1) is 17.8. The van der Waals surface area contributed by atoms with Gasteiger partial charge in [-0.05, 0) is 31.0 Å². The predicted octanol–water partition coefficient (Wildman–Crippen LogP) is 2.30. The number of halogens is 1. The second-order valence-corrected chi connectivity index (χ2v) is 7.97. The molecular formula is C19H19ClN4O3. The maximum absolute atomic E-state index is 13.2. The van der Waals surface area contributed by atoms with Gasteiger partial charge in [0.2, 0.25) is 5.91 Å². The molecule has 1 aromatic rings. The highest BCUT2D eigenvalue weighted by molar-refractivity contribution is 6.33. The van der Waals surface area contributed by atoms with E-state index in [1.54, 1.807) is 22.8 Å². The Morgan fingerprint density at radius 1 is 1.33 bits per heavy atom. The molecule has 3 heterocycles. The Morgan fingerprint density at radius 2 is 2.04 bits per heavy atom. The standard InChI is InChI=1S/C19H19ClN4O3/c1-9(2)17(25)22-8-12-6-14(22)16-18(26)24(19(27)23(12)16)13-5-4-11(7-21)15(20)10(13)3/h4-5,9,12,14,16H,6,8H2,1-3H3/t12-,14?,16-/m1/s1. The summed E-state index contributed by atoms with van der Waals surface area (Å²) in [5, 5.41) is 9.35. The summed E-state index contributed by atoms with van der Waals surface area (Å²) in [6.45, 7) is 5.83. The number of piperazine rings is 1. The Bertz CT molecular complexity index is 922. The zero-order valence-corrected chi connectivity index (χ0v) is 16.0. The summed E-state index contributed by atoms with van der Waals surface area (Å²) in [6.07, 6.45) is 0.640. The molecule has 0 aliphatic carbocycles. The first-order valence-electron chi connectivity index (χ1n) is 8.93. The summed E-state index contributed by atoms with van der Waals surface area (Å²) in [5.41, 5.74) is 1.21. The van der Waals surface area contributed by atoms with E-state index in [4.69, 9.17) is 16.9 Å². The Morgan fingerprint density at radius 3 is 2.67 bits per heavy atom. The first-order chi connectivity index (χ1) is 12.8. The van der Waals surface area contributed by atoms with Gasteiger partial charge in [0.05, 0.1) is 28.4 Å². The molecular weight excluding hydrogens is 368 g/mol. The van der Waals surface area contributed by atoms with Gasteiger partial charge in [-0.25, -0.2) is 9.69 Å². The number of hydrogen-bond donors (Lipinski definition) is 0. The minimum atomic E-state index is -0.646. The molecule has 4 amide bonds. The molecule has 0 aromatic heterocycles. The second-order valence-electron chi connectivity index (χ2n) is 7.59. The molecule has 3 aliphatic heterocycles. The number of carbonyl (C=O) groups is 3. The molecule has 140 valence electrons. The average Bonchev–Trinajstić information content (AvgIpc) is 3.29. The Labute approximate surface area is 162 Å². The minimum absolute atomic E-state index is 0.0125. The molecule has 3 aliphatic rings. The third kappa shape index (κ3) is 2.29. The van der Waals surface area contributed by atoms with Crippen LogP contribution in [0.2, 0.25) is 5.02 Å². The lowest BCUT2D eigenvalue weighted by atomic mass is 10.1. The Hall–Kier alpha value is -2.59. The molecule has 4 rings (SSSR count). The van der Waals surface area contributed by atoms with Crippen molar-refractivity contribution in [1.29, 1.82) is 5.26 Å². The van der Waals surface area contributed by atoms with Crippen molar-refractivity contribution in [2.24, 2.45) is 5.92 Å². The number of benzene rings is 1. The molecule has 0 saturated carbocycles. The number of likely N-dealkylation sites (tertiary alicyclic amines) is 1. The number of urea groups is 1. The van der Waals surface area contributed by atoms with Gasteiger partial charge in [-0.1, -0.05) is 25.4 Å². The average molecular weight is 387 g/mol. The lowest BCUT2D eigenvalue weighted by molar-refractivity contribution is -0.138. The maximum atomic E-state index is 13.2. The number of fused-ring (bicyclic) bond motifs is 5. The molecule has 3 saturated heterocycles. The van der Waals surface area contributed by atoms with Crippen LogP contribution >= 0.6 is 11.6 Å². The lowest BCUT2D eigenvalue weighted by Gasteiger charge is -2.35. The monoisotopic (exact) mass is 386 g/mol. The van der Waals surface area contributed by atoms with Crippen LogP contribution in [-0.4, -0.2) is 52.3 Å². The second kappa shape index (κ2) is 5.96. The van der Waals surface area contributed by atoms with E-state index in [9.17, 15) is 14.4 Å². The first-order valence-corrected chi connectivity index (χ1v) is 9.31. The SMILES string of the molecule is Cc1c(N2C(=O)[C@H]3C4C[C@H](CN4C(=O)C(C)C)N3C2=O)ccc(C#N)c1Cl. The van der Waals surface area contributed by atoms with Gasteiger partial charge >= 0.3 is 6.03 Å². The van der Waals surface area contributed by atoms with Crippen LogP contribution in [0.4, 0.5) is 10.5 Å². The van der Waals surface area contributed by atoms with Gasteiger partial charge in [0.15, 0.2) is 0 Å². The van der Waals surface area contributed by atoms with E-state index in [-0.39, 0.29) is 40.9 Å². The van der Waals surface area contributed by atoms with Crippen molar-refractivity contribution in [3.05, 3.63) is 28.3 Å². The van der Waals surface area contributed by atoms with Crippen molar-refractivity contribution >= 4 is 35.1 Å². The van der Waals surface area contributed by atoms with Crippen LogP contribution in [0.25, 0.3) is 0 Å². The van der Waals surface area contributed by atoms with Gasteiger partial charge in [0.25, 0.3) is 5.91 Å². The molecule has 7 nitrogen and oxygen atoms in total. The van der Waals surface area contributed by atoms with Crippen LogP contribution < -0.4 is 4.90 Å². The van der Waals surface area contributed by atoms with Crippen LogP contribution in [0, 0.1) is 24.2 Å². The maximum Gasteiger partial charge on any atom is 0.332 e. The van der Waals surface area contributed by atoms with Gasteiger partial charge in [0, 0.05) is 12.5 Å². The van der Waals surface area contributed by atoms with Crippen molar-refractivity contribution in [3.8, 4) is 6.07 Å². The van der Waals surface area contributed by atoms with Crippen LogP contribution in [0.15, 0.2) is 12.1 Å². The number of hydrogen-bond acceptors (Lipinski definition) is 4. The van der Waals surface area contributed by atoms with Crippen LogP contribution in [0.3, 0.4) is 0 Å². The third-order valence-electron chi connectivity index (χ3n) is 5.76. The van der Waals surface area contributed by atoms with Crippen molar-refractivity contribution in [2.45, 2.75) is 45.3 Å². The number of nitrogens with zero attached hydrogens (tertiary/aromatic N) is 4. The third-order valence-corrected chi connectivity index (χ3v) is 6.25. The lowest BCUT2D eigenvalue weighted by Crippen LogP contribution is -2.55. The summed E-state index contributed by atoms with van der Waals surface area (Å²) >= 11 is 6.22. The predicted molar refractivity (Wildman–Crippen MR) is 98.2 cm³/mol. The van der Waals surface area contributed by atoms with Crippen molar-refractivity contribution < 1.29 is 14.4 Å². The zero-order valence-electron chi connectivity index (χ0n) is 15.3. The van der Waals surface area contributed by atoms with Gasteiger partial charge < -0.3 is 9.80 Å². The molecule has 1 aromatic carbocycles. The van der Waals surface area contributed by atoms with Crippen molar-refractivity contribution in [2.75, 3.05) is 11.4 Å². The van der Waals surface area contributed by atoms with E-state index in [2.05, 4.69) is 0 Å². The largest absolute Gasteiger partial charge is 0.335 e. The fourth-order valence-electron chi connectivity index (χ4n) is 4.47. The fraction of sp³-hybridized carbons (Fsp3) is 0.474. The van der Waals surface area contributed by atoms with Crippen LogP contribution in [0.1, 0.15) is 31.4 Å². The number of carbonyl (C=O) groups excluding carboxylic acids is 3. The molecule has 2 bridgehead atoms. The molecule has 1 unspecified atom stereocenters. The number of amides is 4. The minimum Gasteiger partial charge on any atom is -0.335 e. The molecule has 0 N–H and O–H groups in total. The molecule has 3 atom stereocenters. The summed E-state index contributed by atoms with van der Waals surface area (Å²) in [6, 6.07) is 3.65. The van der Waals surface area contributed by atoms with E-state index in [1.165, 1.54) is 6.07 Å². The van der Waals surface area contributed by atoms with E-state index < -0.39 is 6.04 Å². The van der Waals surface area contributed by atoms with Gasteiger partial charge in [-0.15, -0.1) is 0 Å². The number of nitriles is 1. The van der Waals surface area contributed by atoms with Crippen molar-refractivity contribution in [1.82, 2.24) is 9.80 Å². The molecule has 27 heavy (non-hydrogen) atoms. The number of imide groups is 1. The highest BCUT2D eigenvalue weighted by atomic mass is 35.5. The van der Waals surface area contributed by atoms with Crippen LogP contribution in [-0.2, 0) is 9.59 Å². The summed E-state index contributed by atoms with van der Waals surface area (Å²) < 4.78 is 0. The Balaban J connectivity index is 1.70. The summed E-state index contributed by atoms with van der Waals surface area (Å²) in [5.74, 6) is -0.475. The molecule has 8 heteroatoms. The molecule has 0 spiro atoms. The number of rotatable bonds is 2. The number of anilines is 1. The normalized spacial score (nSPS) is 26.2. The highest BCUT2D eigenvalue weighted by Crippen LogP contribution is 2.44. The van der Waals surface area contributed by atoms with E-state index in [0.29, 0.717) is 29.8 Å². The zero-order chi connectivity index (χ0) is 19.6. The smallest absolute Gasteiger partial charge is 0.332 e. The van der Waals surface area contributed by atoms with Crippen LogP contribution in [0.5, 0.6) is 0 Å². The molecule has 0 radical (unpaired) electrons. The van der Waals surface area contributed by atoms with E-state index >= 15 is 0 Å². The Kier molecular flexibility index (Phi) is 3.93. The van der Waals surface area contributed by atoms with E-state index in [0.717, 1.165) is 4.90 Å². The fourth-order valence-corrected chi connectivity index (χ4v) is 4.67. The van der Waals surface area contributed by atoms with Crippen molar-refractivity contribution in [3.63, 3.8) is 0 Å². The topological polar surface area (TPSA) is 84.7 Å². The quantitative estimate of drug-likeness (QED) is 0.730. The highest BCUT2D eigenvalue weighted by Gasteiger charge is 2.63. The van der Waals surface area contributed by atoms with Gasteiger partial charge in [0.1, 0.15) is 12.1 Å². The summed E-state index contributed by atoms with van der Waals surface area (Å²) in [7, 11) is 0.